The van der Waals surface area contributed by atoms with Crippen molar-refractivity contribution in [2.75, 3.05) is 18.9 Å². The molecule has 1 atom stereocenters. The maximum Gasteiger partial charge on any atom is 0.136 e. The molecule has 0 aromatic carbocycles. The van der Waals surface area contributed by atoms with E-state index in [-0.39, 0.29) is 0 Å². The summed E-state index contributed by atoms with van der Waals surface area (Å²) in [6.45, 7) is 2.59. The third-order valence-corrected chi connectivity index (χ3v) is 3.13. The number of hydrogen-bond acceptors (Lipinski definition) is 3. The smallest absolute Gasteiger partial charge is 0.136 e. The summed E-state index contributed by atoms with van der Waals surface area (Å²) < 4.78 is 8.11. The summed E-state index contributed by atoms with van der Waals surface area (Å²) in [4.78, 5) is 0. The number of halogens is 1. The second-order valence-electron chi connectivity index (χ2n) is 3.64. The zero-order chi connectivity index (χ0) is 9.97. The van der Waals surface area contributed by atoms with Crippen molar-refractivity contribution >= 4 is 21.7 Å². The molecule has 0 amide bonds. The summed E-state index contributed by atoms with van der Waals surface area (Å²) in [6, 6.07) is 0. The van der Waals surface area contributed by atoms with Crippen LogP contribution in [0.4, 0.5) is 5.82 Å². The van der Waals surface area contributed by atoms with Gasteiger partial charge >= 0.3 is 0 Å². The van der Waals surface area contributed by atoms with Crippen LogP contribution < -0.4 is 5.73 Å². The summed E-state index contributed by atoms with van der Waals surface area (Å²) in [7, 11) is 0. The Morgan fingerprint density at radius 3 is 3.14 bits per heavy atom. The van der Waals surface area contributed by atoms with Crippen LogP contribution in [0.5, 0.6) is 0 Å². The number of rotatable bonds is 2. The zero-order valence-electron chi connectivity index (χ0n) is 7.95. The minimum atomic E-state index is 0.554. The molecule has 1 fully saturated rings. The zero-order valence-corrected chi connectivity index (χ0v) is 9.53. The van der Waals surface area contributed by atoms with Crippen LogP contribution in [0, 0.1) is 5.92 Å². The molecule has 1 unspecified atom stereocenters. The van der Waals surface area contributed by atoms with Crippen LogP contribution in [0.1, 0.15) is 12.8 Å². The predicted octanol–water partition coefficient (Wildman–Crippen LogP) is 1.65. The first-order valence-electron chi connectivity index (χ1n) is 4.82. The number of anilines is 1. The molecule has 1 aliphatic heterocycles. The fourth-order valence-electron chi connectivity index (χ4n) is 1.71. The third-order valence-electron chi connectivity index (χ3n) is 2.52. The molecule has 0 radical (unpaired) electrons. The Hall–Kier alpha value is -0.550. The normalized spacial score (nSPS) is 22.5. The molecule has 0 aliphatic carbocycles. The first-order chi connectivity index (χ1) is 6.77. The molecule has 1 aliphatic rings. The van der Waals surface area contributed by atoms with Gasteiger partial charge in [-0.15, -0.1) is 0 Å². The van der Waals surface area contributed by atoms with Gasteiger partial charge in [0, 0.05) is 19.1 Å². The lowest BCUT2D eigenvalue weighted by molar-refractivity contribution is 0.0472. The minimum Gasteiger partial charge on any atom is -0.383 e. The molecule has 14 heavy (non-hydrogen) atoms. The van der Waals surface area contributed by atoms with Gasteiger partial charge in [-0.25, -0.2) is 4.68 Å². The lowest BCUT2D eigenvalue weighted by Crippen LogP contribution is -2.23. The molecule has 2 rings (SSSR count). The van der Waals surface area contributed by atoms with Gasteiger partial charge in [-0.2, -0.15) is 5.10 Å². The van der Waals surface area contributed by atoms with Crippen LogP contribution in [0.25, 0.3) is 0 Å². The van der Waals surface area contributed by atoms with Crippen LogP contribution in [0.3, 0.4) is 0 Å². The van der Waals surface area contributed by atoms with Gasteiger partial charge < -0.3 is 10.5 Å². The largest absolute Gasteiger partial charge is 0.383 e. The number of hydrogen-bond donors (Lipinski definition) is 1. The monoisotopic (exact) mass is 259 g/mol. The van der Waals surface area contributed by atoms with Crippen molar-refractivity contribution in [3.05, 3.63) is 10.7 Å². The molecule has 78 valence electrons. The van der Waals surface area contributed by atoms with E-state index in [0.717, 1.165) is 30.7 Å². The summed E-state index contributed by atoms with van der Waals surface area (Å²) in [6.07, 6.45) is 4.09. The Morgan fingerprint density at radius 1 is 1.71 bits per heavy atom. The van der Waals surface area contributed by atoms with E-state index in [1.54, 1.807) is 6.20 Å². The Balaban J connectivity index is 1.99. The standard InChI is InChI=1S/C9H14BrN3O/c10-8-4-12-13(9(8)11)5-7-2-1-3-14-6-7/h4,7H,1-3,5-6,11H2. The highest BCUT2D eigenvalue weighted by atomic mass is 79.9. The fourth-order valence-corrected chi connectivity index (χ4v) is 2.01. The van der Waals surface area contributed by atoms with Gasteiger partial charge in [-0.3, -0.25) is 0 Å². The molecule has 0 bridgehead atoms. The topological polar surface area (TPSA) is 53.1 Å². The first kappa shape index (κ1) is 9.98. The molecule has 1 aromatic heterocycles. The Labute approximate surface area is 91.5 Å². The van der Waals surface area contributed by atoms with E-state index in [1.165, 1.54) is 6.42 Å². The van der Waals surface area contributed by atoms with Crippen LogP contribution in [0.2, 0.25) is 0 Å². The lowest BCUT2D eigenvalue weighted by atomic mass is 10.0. The van der Waals surface area contributed by atoms with Crippen molar-refractivity contribution in [1.82, 2.24) is 9.78 Å². The molecule has 4 nitrogen and oxygen atoms in total. The van der Waals surface area contributed by atoms with Gasteiger partial charge in [0.1, 0.15) is 5.82 Å². The summed E-state index contributed by atoms with van der Waals surface area (Å²) in [5.41, 5.74) is 5.83. The quantitative estimate of drug-likeness (QED) is 0.879. The molecule has 0 spiro atoms. The lowest BCUT2D eigenvalue weighted by Gasteiger charge is -2.22. The summed E-state index contributed by atoms with van der Waals surface area (Å²) in [5.74, 6) is 1.26. The predicted molar refractivity (Wildman–Crippen MR) is 57.9 cm³/mol. The molecule has 2 heterocycles. The number of nitrogens with zero attached hydrogens (tertiary/aromatic N) is 2. The highest BCUT2D eigenvalue weighted by Gasteiger charge is 2.16. The second-order valence-corrected chi connectivity index (χ2v) is 4.50. The SMILES string of the molecule is Nc1c(Br)cnn1CC1CCCOC1. The van der Waals surface area contributed by atoms with Crippen molar-refractivity contribution in [3.8, 4) is 0 Å². The maximum absolute atomic E-state index is 5.83. The highest BCUT2D eigenvalue weighted by Crippen LogP contribution is 2.21. The number of ether oxygens (including phenoxy) is 1. The van der Waals surface area contributed by atoms with Gasteiger partial charge in [0.2, 0.25) is 0 Å². The van der Waals surface area contributed by atoms with Gasteiger partial charge in [0.05, 0.1) is 17.3 Å². The van der Waals surface area contributed by atoms with Crippen molar-refractivity contribution < 1.29 is 4.74 Å². The highest BCUT2D eigenvalue weighted by molar-refractivity contribution is 9.10. The van der Waals surface area contributed by atoms with Gasteiger partial charge in [0.25, 0.3) is 0 Å². The number of nitrogens with two attached hydrogens (primary N) is 1. The molecule has 1 saturated heterocycles. The third kappa shape index (κ3) is 2.09. The number of nitrogen functional groups attached to an aromatic ring is 1. The van der Waals surface area contributed by atoms with Crippen molar-refractivity contribution in [3.63, 3.8) is 0 Å². The van der Waals surface area contributed by atoms with Crippen molar-refractivity contribution in [1.29, 1.82) is 0 Å². The van der Waals surface area contributed by atoms with Crippen LogP contribution in [-0.4, -0.2) is 23.0 Å². The average Bonchev–Trinajstić information content (AvgIpc) is 2.52. The minimum absolute atomic E-state index is 0.554. The van der Waals surface area contributed by atoms with Crippen LogP contribution >= 0.6 is 15.9 Å². The molecular weight excluding hydrogens is 246 g/mol. The molecule has 2 N–H and O–H groups in total. The van der Waals surface area contributed by atoms with Gasteiger partial charge in [-0.1, -0.05) is 0 Å². The Morgan fingerprint density at radius 2 is 2.57 bits per heavy atom. The van der Waals surface area contributed by atoms with Crippen LogP contribution in [0.15, 0.2) is 10.7 Å². The van der Waals surface area contributed by atoms with E-state index < -0.39 is 0 Å². The van der Waals surface area contributed by atoms with E-state index in [2.05, 4.69) is 21.0 Å². The second kappa shape index (κ2) is 4.31. The van der Waals surface area contributed by atoms with E-state index in [1.807, 2.05) is 4.68 Å². The Bertz CT molecular complexity index is 307. The first-order valence-corrected chi connectivity index (χ1v) is 5.61. The summed E-state index contributed by atoms with van der Waals surface area (Å²) in [5, 5.41) is 4.20. The van der Waals surface area contributed by atoms with E-state index >= 15 is 0 Å². The molecule has 5 heteroatoms. The van der Waals surface area contributed by atoms with E-state index in [4.69, 9.17) is 10.5 Å². The number of aromatic nitrogens is 2. The average molecular weight is 260 g/mol. The van der Waals surface area contributed by atoms with Gasteiger partial charge in [-0.05, 0) is 28.8 Å². The van der Waals surface area contributed by atoms with Crippen LogP contribution in [-0.2, 0) is 11.3 Å². The fraction of sp³-hybridized carbons (Fsp3) is 0.667. The Kier molecular flexibility index (Phi) is 3.08. The maximum atomic E-state index is 5.83. The molecule has 1 aromatic rings. The summed E-state index contributed by atoms with van der Waals surface area (Å²) >= 11 is 3.34. The van der Waals surface area contributed by atoms with E-state index in [9.17, 15) is 0 Å². The molecule has 0 saturated carbocycles. The molecular formula is C9H14BrN3O. The van der Waals surface area contributed by atoms with Crippen molar-refractivity contribution in [2.24, 2.45) is 5.92 Å². The van der Waals surface area contributed by atoms with Crippen molar-refractivity contribution in [2.45, 2.75) is 19.4 Å². The van der Waals surface area contributed by atoms with Gasteiger partial charge in [0.15, 0.2) is 0 Å². The van der Waals surface area contributed by atoms with E-state index in [0.29, 0.717) is 11.7 Å².